The Hall–Kier alpha value is -3.23. The molecule has 0 aromatic heterocycles. The number of nitrogens with zero attached hydrogens (tertiary/aromatic N) is 1. The van der Waals surface area contributed by atoms with Crippen LogP contribution in [0.3, 0.4) is 0 Å². The van der Waals surface area contributed by atoms with Crippen molar-refractivity contribution >= 4 is 17.6 Å². The van der Waals surface area contributed by atoms with Crippen LogP contribution in [-0.4, -0.2) is 31.2 Å². The van der Waals surface area contributed by atoms with Crippen molar-refractivity contribution in [2.24, 2.45) is 5.73 Å². The number of amidine groups is 1. The largest absolute Gasteiger partial charge is 0.490 e. The highest BCUT2D eigenvalue weighted by atomic mass is 19.4. The number of anilines is 1. The lowest BCUT2D eigenvalue weighted by molar-refractivity contribution is -0.137. The minimum Gasteiger partial charge on any atom is -0.490 e. The molecule has 0 radical (unpaired) electrons. The first-order valence-electron chi connectivity index (χ1n) is 7.97. The lowest BCUT2D eigenvalue weighted by Crippen LogP contribution is -2.26. The summed E-state index contributed by atoms with van der Waals surface area (Å²) in [5.41, 5.74) is 5.67. The maximum atomic E-state index is 12.7. The van der Waals surface area contributed by atoms with E-state index in [2.05, 4.69) is 0 Å². The molecule has 3 N–H and O–H groups in total. The molecule has 9 heteroatoms. The molecule has 1 amide bonds. The molecule has 1 fully saturated rings. The van der Waals surface area contributed by atoms with E-state index in [1.54, 1.807) is 24.3 Å². The van der Waals surface area contributed by atoms with Gasteiger partial charge in [0.15, 0.2) is 6.10 Å². The molecule has 6 nitrogen and oxygen atoms in total. The zero-order valence-corrected chi connectivity index (χ0v) is 14.0. The molecule has 27 heavy (non-hydrogen) atoms. The van der Waals surface area contributed by atoms with Gasteiger partial charge in [0.2, 0.25) is 0 Å². The standard InChI is InChI=1S/C18H16F3N3O3/c19-18(20,21)12-2-1-3-14(8-12)26-10-15-9-24(17(25)27-15)13-6-4-11(5-7-13)16(22)23/h1-8,15H,9-10H2,(H3,22,23). The molecule has 2 aromatic carbocycles. The van der Waals surface area contributed by atoms with E-state index in [-0.39, 0.29) is 24.7 Å². The number of amides is 1. The van der Waals surface area contributed by atoms with Crippen molar-refractivity contribution in [3.05, 3.63) is 59.7 Å². The predicted octanol–water partition coefficient (Wildman–Crippen LogP) is 3.39. The molecule has 1 unspecified atom stereocenters. The highest BCUT2D eigenvalue weighted by Gasteiger charge is 2.33. The van der Waals surface area contributed by atoms with Gasteiger partial charge in [0.1, 0.15) is 18.2 Å². The fourth-order valence-electron chi connectivity index (χ4n) is 2.59. The number of hydrogen-bond donors (Lipinski definition) is 2. The quantitative estimate of drug-likeness (QED) is 0.616. The van der Waals surface area contributed by atoms with Crippen molar-refractivity contribution in [1.29, 1.82) is 5.41 Å². The van der Waals surface area contributed by atoms with Gasteiger partial charge < -0.3 is 15.2 Å². The maximum absolute atomic E-state index is 12.7. The van der Waals surface area contributed by atoms with Gasteiger partial charge in [0.25, 0.3) is 0 Å². The Morgan fingerprint density at radius 1 is 1.26 bits per heavy atom. The number of nitrogen functional groups attached to an aromatic ring is 1. The van der Waals surface area contributed by atoms with Crippen LogP contribution >= 0.6 is 0 Å². The fraction of sp³-hybridized carbons (Fsp3) is 0.222. The van der Waals surface area contributed by atoms with Gasteiger partial charge in [-0.05, 0) is 42.5 Å². The van der Waals surface area contributed by atoms with Gasteiger partial charge in [-0.25, -0.2) is 4.79 Å². The molecule has 1 heterocycles. The average Bonchev–Trinajstić information content (AvgIpc) is 3.00. The van der Waals surface area contributed by atoms with Crippen LogP contribution in [0, 0.1) is 5.41 Å². The van der Waals surface area contributed by atoms with E-state index in [1.165, 1.54) is 17.0 Å². The van der Waals surface area contributed by atoms with Gasteiger partial charge in [0, 0.05) is 11.3 Å². The minimum atomic E-state index is -4.46. The van der Waals surface area contributed by atoms with Crippen LogP contribution in [0.2, 0.25) is 0 Å². The van der Waals surface area contributed by atoms with Crippen LogP contribution in [0.25, 0.3) is 0 Å². The molecule has 0 spiro atoms. The van der Waals surface area contributed by atoms with Crippen molar-refractivity contribution in [3.8, 4) is 5.75 Å². The van der Waals surface area contributed by atoms with Crippen molar-refractivity contribution in [2.45, 2.75) is 12.3 Å². The number of alkyl halides is 3. The van der Waals surface area contributed by atoms with Crippen molar-refractivity contribution in [1.82, 2.24) is 0 Å². The highest BCUT2D eigenvalue weighted by molar-refractivity contribution is 5.96. The van der Waals surface area contributed by atoms with E-state index in [4.69, 9.17) is 20.6 Å². The average molecular weight is 379 g/mol. The van der Waals surface area contributed by atoms with E-state index in [9.17, 15) is 18.0 Å². The summed E-state index contributed by atoms with van der Waals surface area (Å²) >= 11 is 0. The SMILES string of the molecule is N=C(N)c1ccc(N2CC(COc3cccc(C(F)(F)F)c3)OC2=O)cc1. The van der Waals surface area contributed by atoms with Gasteiger partial charge in [-0.3, -0.25) is 10.3 Å². The third kappa shape index (κ3) is 4.30. The van der Waals surface area contributed by atoms with Gasteiger partial charge in [-0.2, -0.15) is 13.2 Å². The third-order valence-corrected chi connectivity index (χ3v) is 3.96. The molecular weight excluding hydrogens is 363 g/mol. The first-order valence-corrected chi connectivity index (χ1v) is 7.97. The molecule has 1 aliphatic heterocycles. The van der Waals surface area contributed by atoms with Crippen molar-refractivity contribution in [3.63, 3.8) is 0 Å². The molecule has 1 saturated heterocycles. The van der Waals surface area contributed by atoms with Crippen molar-refractivity contribution in [2.75, 3.05) is 18.1 Å². The molecule has 3 rings (SSSR count). The van der Waals surface area contributed by atoms with Gasteiger partial charge in [-0.15, -0.1) is 0 Å². The summed E-state index contributed by atoms with van der Waals surface area (Å²) in [6.07, 6.45) is -5.66. The number of carbonyl (C=O) groups is 1. The second-order valence-electron chi connectivity index (χ2n) is 5.91. The zero-order chi connectivity index (χ0) is 19.6. The van der Waals surface area contributed by atoms with Crippen LogP contribution in [0.4, 0.5) is 23.7 Å². The molecule has 2 aromatic rings. The number of nitrogens with one attached hydrogen (secondary N) is 1. The lowest BCUT2D eigenvalue weighted by atomic mass is 10.2. The van der Waals surface area contributed by atoms with E-state index in [1.807, 2.05) is 0 Å². The first-order chi connectivity index (χ1) is 12.7. The maximum Gasteiger partial charge on any atom is 0.416 e. The molecule has 1 atom stereocenters. The first kappa shape index (κ1) is 18.6. The van der Waals surface area contributed by atoms with E-state index < -0.39 is 23.9 Å². The summed E-state index contributed by atoms with van der Waals surface area (Å²) in [6.45, 7) is 0.117. The number of benzene rings is 2. The number of ether oxygens (including phenoxy) is 2. The van der Waals surface area contributed by atoms with E-state index in [0.717, 1.165) is 12.1 Å². The van der Waals surface area contributed by atoms with Gasteiger partial charge >= 0.3 is 12.3 Å². The number of rotatable bonds is 5. The fourth-order valence-corrected chi connectivity index (χ4v) is 2.59. The smallest absolute Gasteiger partial charge is 0.416 e. The number of halogens is 3. The van der Waals surface area contributed by atoms with E-state index in [0.29, 0.717) is 11.3 Å². The Balaban J connectivity index is 1.62. The van der Waals surface area contributed by atoms with Crippen LogP contribution in [0.5, 0.6) is 5.75 Å². The Morgan fingerprint density at radius 3 is 2.59 bits per heavy atom. The summed E-state index contributed by atoms with van der Waals surface area (Å²) in [5.74, 6) is -0.0388. The summed E-state index contributed by atoms with van der Waals surface area (Å²) in [5, 5.41) is 7.36. The Morgan fingerprint density at radius 2 is 1.96 bits per heavy atom. The Kier molecular flexibility index (Phi) is 4.93. The van der Waals surface area contributed by atoms with Gasteiger partial charge in [0.05, 0.1) is 12.1 Å². The molecule has 142 valence electrons. The number of carbonyl (C=O) groups excluding carboxylic acids is 1. The Labute approximate surface area is 152 Å². The van der Waals surface area contributed by atoms with E-state index >= 15 is 0 Å². The van der Waals surface area contributed by atoms with Crippen LogP contribution in [0.1, 0.15) is 11.1 Å². The monoisotopic (exact) mass is 379 g/mol. The zero-order valence-electron chi connectivity index (χ0n) is 14.0. The summed E-state index contributed by atoms with van der Waals surface area (Å²) in [4.78, 5) is 13.4. The molecule has 0 bridgehead atoms. The lowest BCUT2D eigenvalue weighted by Gasteiger charge is -2.14. The topological polar surface area (TPSA) is 88.6 Å². The van der Waals surface area contributed by atoms with Crippen LogP contribution in [-0.2, 0) is 10.9 Å². The summed E-state index contributed by atoms with van der Waals surface area (Å²) in [7, 11) is 0. The van der Waals surface area contributed by atoms with Crippen LogP contribution in [0.15, 0.2) is 48.5 Å². The molecule has 1 aliphatic rings. The molecular formula is C18H16F3N3O3. The number of hydrogen-bond acceptors (Lipinski definition) is 4. The normalized spacial score (nSPS) is 16.9. The minimum absolute atomic E-state index is 0.0464. The second-order valence-corrected chi connectivity index (χ2v) is 5.91. The molecule has 0 aliphatic carbocycles. The number of nitrogens with two attached hydrogens (primary N) is 1. The summed E-state index contributed by atoms with van der Waals surface area (Å²) < 4.78 is 48.7. The Bertz CT molecular complexity index is 853. The summed E-state index contributed by atoms with van der Waals surface area (Å²) in [6, 6.07) is 11.0. The number of cyclic esters (lactones) is 1. The third-order valence-electron chi connectivity index (χ3n) is 3.96. The van der Waals surface area contributed by atoms with Crippen molar-refractivity contribution < 1.29 is 27.4 Å². The highest BCUT2D eigenvalue weighted by Crippen LogP contribution is 2.31. The van der Waals surface area contributed by atoms with Gasteiger partial charge in [-0.1, -0.05) is 6.07 Å². The predicted molar refractivity (Wildman–Crippen MR) is 92.0 cm³/mol. The second kappa shape index (κ2) is 7.18. The van der Waals surface area contributed by atoms with Crippen LogP contribution < -0.4 is 15.4 Å². The molecule has 0 saturated carbocycles.